The summed E-state index contributed by atoms with van der Waals surface area (Å²) in [5.41, 5.74) is 0.891. The molecule has 7 nitrogen and oxygen atoms in total. The number of carbonyl (C=O) groups excluding carboxylic acids is 3. The van der Waals surface area contributed by atoms with E-state index in [1.807, 2.05) is 30.3 Å². The van der Waals surface area contributed by atoms with Crippen molar-refractivity contribution in [3.63, 3.8) is 0 Å². The first kappa shape index (κ1) is 21.6. The van der Waals surface area contributed by atoms with Crippen LogP contribution in [0.5, 0.6) is 0 Å². The van der Waals surface area contributed by atoms with E-state index < -0.39 is 12.1 Å². The number of benzene rings is 1. The number of amides is 3. The van der Waals surface area contributed by atoms with E-state index >= 15 is 0 Å². The molecule has 31 heavy (non-hydrogen) atoms. The number of alkyl carbamates (subject to hydrolysis) is 1. The van der Waals surface area contributed by atoms with Crippen molar-refractivity contribution in [2.75, 3.05) is 13.1 Å². The molecular formula is C22H24ClN3O4S. The van der Waals surface area contributed by atoms with Gasteiger partial charge in [0.2, 0.25) is 5.91 Å². The van der Waals surface area contributed by atoms with Gasteiger partial charge in [-0.1, -0.05) is 41.9 Å². The zero-order chi connectivity index (χ0) is 21.8. The van der Waals surface area contributed by atoms with Crippen LogP contribution in [0.1, 0.15) is 34.5 Å². The highest BCUT2D eigenvalue weighted by atomic mass is 35.5. The summed E-state index contributed by atoms with van der Waals surface area (Å²) in [5.74, 6) is -0.0385. The SMILES string of the molecule is O=C(N[C@H]1CCN(C(=O)C2CC2)C[C@H]1NC(=O)c1ccc(Cl)s1)OCc1ccccc1. The molecule has 1 saturated carbocycles. The molecule has 2 fully saturated rings. The van der Waals surface area contributed by atoms with Gasteiger partial charge in [-0.05, 0) is 37.0 Å². The Morgan fingerprint density at radius 2 is 1.81 bits per heavy atom. The molecule has 0 unspecified atom stereocenters. The van der Waals surface area contributed by atoms with Crippen LogP contribution >= 0.6 is 22.9 Å². The third-order valence-corrected chi connectivity index (χ3v) is 6.71. The molecule has 1 saturated heterocycles. The van der Waals surface area contributed by atoms with Gasteiger partial charge in [-0.2, -0.15) is 0 Å². The van der Waals surface area contributed by atoms with Crippen LogP contribution in [0.15, 0.2) is 42.5 Å². The Hall–Kier alpha value is -2.58. The maximum absolute atomic E-state index is 12.7. The Morgan fingerprint density at radius 3 is 2.48 bits per heavy atom. The summed E-state index contributed by atoms with van der Waals surface area (Å²) in [4.78, 5) is 39.9. The maximum Gasteiger partial charge on any atom is 0.407 e. The second-order valence-corrected chi connectivity index (χ2v) is 9.56. The second kappa shape index (κ2) is 9.70. The van der Waals surface area contributed by atoms with Gasteiger partial charge in [0.25, 0.3) is 5.91 Å². The average molecular weight is 462 g/mol. The molecule has 0 radical (unpaired) electrons. The summed E-state index contributed by atoms with van der Waals surface area (Å²) in [7, 11) is 0. The van der Waals surface area contributed by atoms with E-state index in [9.17, 15) is 14.4 Å². The van der Waals surface area contributed by atoms with Gasteiger partial charge < -0.3 is 20.3 Å². The fourth-order valence-electron chi connectivity index (χ4n) is 3.65. The van der Waals surface area contributed by atoms with E-state index in [0.29, 0.717) is 28.7 Å². The number of ether oxygens (including phenoxy) is 1. The standard InChI is InChI=1S/C22H24ClN3O4S/c23-19-9-8-18(31-19)20(27)24-17-12-26(21(28)15-6-7-15)11-10-16(17)25-22(29)30-13-14-4-2-1-3-5-14/h1-5,8-9,15-17H,6-7,10-13H2,(H,24,27)(H,25,29)/t16-,17+/m0/s1. The van der Waals surface area contributed by atoms with Gasteiger partial charge in [0.1, 0.15) is 6.61 Å². The number of halogens is 1. The molecule has 164 valence electrons. The fourth-order valence-corrected chi connectivity index (χ4v) is 4.60. The molecule has 1 aromatic heterocycles. The summed E-state index contributed by atoms with van der Waals surface area (Å²) in [6, 6.07) is 12.0. The number of carbonyl (C=O) groups is 3. The highest BCUT2D eigenvalue weighted by Crippen LogP contribution is 2.32. The van der Waals surface area contributed by atoms with Crippen molar-refractivity contribution >= 4 is 40.8 Å². The van der Waals surface area contributed by atoms with Crippen LogP contribution in [-0.4, -0.2) is 48.0 Å². The zero-order valence-corrected chi connectivity index (χ0v) is 18.5. The molecular weight excluding hydrogens is 438 g/mol. The van der Waals surface area contributed by atoms with E-state index in [1.165, 1.54) is 11.3 Å². The minimum absolute atomic E-state index is 0.104. The van der Waals surface area contributed by atoms with Crippen molar-refractivity contribution in [3.8, 4) is 0 Å². The average Bonchev–Trinajstić information content (AvgIpc) is 3.54. The predicted octanol–water partition coefficient (Wildman–Crippen LogP) is 3.44. The van der Waals surface area contributed by atoms with Gasteiger partial charge >= 0.3 is 6.09 Å². The minimum atomic E-state index is -0.547. The van der Waals surface area contributed by atoms with Gasteiger partial charge in [-0.25, -0.2) is 4.79 Å². The quantitative estimate of drug-likeness (QED) is 0.689. The molecule has 2 heterocycles. The molecule has 1 aromatic carbocycles. The van der Waals surface area contributed by atoms with Crippen molar-refractivity contribution < 1.29 is 19.1 Å². The molecule has 2 atom stereocenters. The van der Waals surface area contributed by atoms with E-state index in [0.717, 1.165) is 18.4 Å². The molecule has 9 heteroatoms. The molecule has 2 aliphatic rings. The van der Waals surface area contributed by atoms with Crippen LogP contribution in [0.2, 0.25) is 4.34 Å². The monoisotopic (exact) mass is 461 g/mol. The number of rotatable bonds is 6. The summed E-state index contributed by atoms with van der Waals surface area (Å²) < 4.78 is 5.86. The molecule has 0 spiro atoms. The molecule has 1 aliphatic heterocycles. The summed E-state index contributed by atoms with van der Waals surface area (Å²) >= 11 is 7.14. The highest BCUT2D eigenvalue weighted by molar-refractivity contribution is 7.18. The van der Waals surface area contributed by atoms with Crippen LogP contribution in [0.4, 0.5) is 4.79 Å². The third-order valence-electron chi connectivity index (χ3n) is 5.48. The fraction of sp³-hybridized carbons (Fsp3) is 0.409. The number of hydrogen-bond donors (Lipinski definition) is 2. The smallest absolute Gasteiger partial charge is 0.407 e. The van der Waals surface area contributed by atoms with Crippen molar-refractivity contribution in [3.05, 3.63) is 57.2 Å². The largest absolute Gasteiger partial charge is 0.445 e. The van der Waals surface area contributed by atoms with E-state index in [2.05, 4.69) is 10.6 Å². The Bertz CT molecular complexity index is 947. The van der Waals surface area contributed by atoms with Crippen LogP contribution in [-0.2, 0) is 16.1 Å². The van der Waals surface area contributed by atoms with Crippen LogP contribution in [0.3, 0.4) is 0 Å². The van der Waals surface area contributed by atoms with Gasteiger partial charge in [-0.15, -0.1) is 11.3 Å². The molecule has 3 amide bonds. The van der Waals surface area contributed by atoms with E-state index in [-0.39, 0.29) is 30.4 Å². The molecule has 2 N–H and O–H groups in total. The number of thiophene rings is 1. The van der Waals surface area contributed by atoms with E-state index in [4.69, 9.17) is 16.3 Å². The highest BCUT2D eigenvalue weighted by Gasteiger charge is 2.39. The number of nitrogens with one attached hydrogen (secondary N) is 2. The Labute approximate surface area is 189 Å². The third kappa shape index (κ3) is 5.77. The summed E-state index contributed by atoms with van der Waals surface area (Å²) in [5, 5.41) is 5.84. The Balaban J connectivity index is 1.39. The van der Waals surface area contributed by atoms with Gasteiger partial charge in [0.15, 0.2) is 0 Å². The molecule has 2 aromatic rings. The second-order valence-electron chi connectivity index (χ2n) is 7.84. The maximum atomic E-state index is 12.7. The molecule has 4 rings (SSSR count). The lowest BCUT2D eigenvalue weighted by Crippen LogP contribution is -2.61. The summed E-state index contributed by atoms with van der Waals surface area (Å²) in [6.07, 6.45) is 1.84. The van der Waals surface area contributed by atoms with Crippen molar-refractivity contribution in [2.45, 2.75) is 38.0 Å². The van der Waals surface area contributed by atoms with Gasteiger partial charge in [0, 0.05) is 19.0 Å². The zero-order valence-electron chi connectivity index (χ0n) is 16.9. The minimum Gasteiger partial charge on any atom is -0.445 e. The number of likely N-dealkylation sites (tertiary alicyclic amines) is 1. The van der Waals surface area contributed by atoms with E-state index in [1.54, 1.807) is 17.0 Å². The van der Waals surface area contributed by atoms with Gasteiger partial charge in [0.05, 0.1) is 21.3 Å². The summed E-state index contributed by atoms with van der Waals surface area (Å²) in [6.45, 7) is 1.05. The molecule has 0 bridgehead atoms. The first-order chi connectivity index (χ1) is 15.0. The lowest BCUT2D eigenvalue weighted by Gasteiger charge is -2.39. The van der Waals surface area contributed by atoms with Crippen molar-refractivity contribution in [2.24, 2.45) is 5.92 Å². The normalized spacial score (nSPS) is 20.7. The lowest BCUT2D eigenvalue weighted by molar-refractivity contribution is -0.134. The molecule has 1 aliphatic carbocycles. The van der Waals surface area contributed by atoms with Gasteiger partial charge in [-0.3, -0.25) is 9.59 Å². The van der Waals surface area contributed by atoms with Crippen LogP contribution in [0, 0.1) is 5.92 Å². The van der Waals surface area contributed by atoms with Crippen LogP contribution < -0.4 is 10.6 Å². The first-order valence-electron chi connectivity index (χ1n) is 10.3. The Kier molecular flexibility index (Phi) is 6.77. The van der Waals surface area contributed by atoms with Crippen molar-refractivity contribution in [1.29, 1.82) is 0 Å². The predicted molar refractivity (Wildman–Crippen MR) is 118 cm³/mol. The number of piperidine rings is 1. The topological polar surface area (TPSA) is 87.7 Å². The first-order valence-corrected chi connectivity index (χ1v) is 11.5. The van der Waals surface area contributed by atoms with Crippen molar-refractivity contribution in [1.82, 2.24) is 15.5 Å². The van der Waals surface area contributed by atoms with Crippen LogP contribution in [0.25, 0.3) is 0 Å². The lowest BCUT2D eigenvalue weighted by atomic mass is 9.98. The number of hydrogen-bond acceptors (Lipinski definition) is 5. The number of nitrogens with zero attached hydrogens (tertiary/aromatic N) is 1. The Morgan fingerprint density at radius 1 is 1.03 bits per heavy atom.